The van der Waals surface area contributed by atoms with E-state index in [0.29, 0.717) is 11.3 Å². The van der Waals surface area contributed by atoms with E-state index in [1.165, 1.54) is 0 Å². The van der Waals surface area contributed by atoms with Crippen LogP contribution >= 0.6 is 0 Å². The highest BCUT2D eigenvalue weighted by Crippen LogP contribution is 2.64. The molecule has 0 aromatic heterocycles. The fourth-order valence-corrected chi connectivity index (χ4v) is 3.40. The molecule has 1 aliphatic rings. The van der Waals surface area contributed by atoms with Gasteiger partial charge in [-0.15, -0.1) is 0 Å². The minimum Gasteiger partial charge on any atom is -0.325 e. The Balaban J connectivity index is 1.81. The molecular weight excluding hydrogens is 296 g/mol. The van der Waals surface area contributed by atoms with Crippen molar-refractivity contribution < 1.29 is 13.6 Å². The first-order valence-electron chi connectivity index (χ1n) is 7.64. The summed E-state index contributed by atoms with van der Waals surface area (Å²) in [5.41, 5.74) is 1.80. The average Bonchev–Trinajstić information content (AvgIpc) is 3.08. The first-order valence-corrected chi connectivity index (χ1v) is 7.64. The minimum atomic E-state index is -0.958. The third kappa shape index (κ3) is 2.74. The summed E-state index contributed by atoms with van der Waals surface area (Å²) in [7, 11) is 0. The third-order valence-corrected chi connectivity index (χ3v) is 4.79. The van der Waals surface area contributed by atoms with Gasteiger partial charge in [0, 0.05) is 17.7 Å². The van der Waals surface area contributed by atoms with Gasteiger partial charge in [0.25, 0.3) is 0 Å². The van der Waals surface area contributed by atoms with E-state index >= 15 is 0 Å². The molecule has 0 saturated heterocycles. The Morgan fingerprint density at radius 3 is 2.35 bits per heavy atom. The van der Waals surface area contributed by atoms with E-state index in [2.05, 4.69) is 5.32 Å². The van der Waals surface area contributed by atoms with E-state index < -0.39 is 11.6 Å². The molecule has 23 heavy (non-hydrogen) atoms. The second-order valence-corrected chi connectivity index (χ2v) is 6.76. The predicted molar refractivity (Wildman–Crippen MR) is 86.2 cm³/mol. The standard InChI is InChI=1S/C19H19F2NO/c1-11-9-13(20)14(21)10-15(11)22-18(23)17-16(19(17,2)3)12-7-5-4-6-8-12/h4-10,16-17H,1-3H3,(H,22,23). The lowest BCUT2D eigenvalue weighted by Gasteiger charge is -2.09. The van der Waals surface area contributed by atoms with E-state index in [4.69, 9.17) is 0 Å². The van der Waals surface area contributed by atoms with E-state index in [0.717, 1.165) is 17.7 Å². The minimum absolute atomic E-state index is 0.134. The molecule has 1 aliphatic carbocycles. The first-order chi connectivity index (χ1) is 10.8. The highest BCUT2D eigenvalue weighted by atomic mass is 19.2. The maximum atomic E-state index is 13.4. The number of aryl methyl sites for hydroxylation is 1. The first kappa shape index (κ1) is 15.7. The number of carbonyl (C=O) groups excluding carboxylic acids is 1. The lowest BCUT2D eigenvalue weighted by atomic mass is 10.0. The van der Waals surface area contributed by atoms with Gasteiger partial charge in [-0.3, -0.25) is 4.79 Å². The summed E-state index contributed by atoms with van der Waals surface area (Å²) in [6.07, 6.45) is 0. The Morgan fingerprint density at radius 1 is 1.09 bits per heavy atom. The lowest BCUT2D eigenvalue weighted by Crippen LogP contribution is -2.17. The van der Waals surface area contributed by atoms with Crippen LogP contribution in [0.2, 0.25) is 0 Å². The number of carbonyl (C=O) groups is 1. The van der Waals surface area contributed by atoms with Gasteiger partial charge in [-0.05, 0) is 29.5 Å². The van der Waals surface area contributed by atoms with Gasteiger partial charge in [0.05, 0.1) is 5.92 Å². The summed E-state index contributed by atoms with van der Waals surface area (Å²) in [6.45, 7) is 5.74. The summed E-state index contributed by atoms with van der Waals surface area (Å²) in [6, 6.07) is 12.0. The second kappa shape index (κ2) is 5.44. The van der Waals surface area contributed by atoms with Gasteiger partial charge in [-0.1, -0.05) is 44.2 Å². The van der Waals surface area contributed by atoms with Gasteiger partial charge in [0.1, 0.15) is 0 Å². The molecule has 2 aromatic carbocycles. The maximum Gasteiger partial charge on any atom is 0.228 e. The van der Waals surface area contributed by atoms with Crippen molar-refractivity contribution in [2.24, 2.45) is 11.3 Å². The SMILES string of the molecule is Cc1cc(F)c(F)cc1NC(=O)C1C(c2ccccc2)C1(C)C. The van der Waals surface area contributed by atoms with E-state index in [9.17, 15) is 13.6 Å². The zero-order chi connectivity index (χ0) is 16.8. The molecule has 2 nitrogen and oxygen atoms in total. The fraction of sp³-hybridized carbons (Fsp3) is 0.316. The Kier molecular flexibility index (Phi) is 3.71. The van der Waals surface area contributed by atoms with Gasteiger partial charge in [0.15, 0.2) is 11.6 Å². The van der Waals surface area contributed by atoms with E-state index in [-0.39, 0.29) is 23.2 Å². The average molecular weight is 315 g/mol. The van der Waals surface area contributed by atoms with Crippen molar-refractivity contribution in [1.29, 1.82) is 0 Å². The summed E-state index contributed by atoms with van der Waals surface area (Å²) in [5, 5.41) is 2.75. The molecule has 2 unspecified atom stereocenters. The molecule has 0 aliphatic heterocycles. The zero-order valence-electron chi connectivity index (χ0n) is 13.4. The fourth-order valence-electron chi connectivity index (χ4n) is 3.40. The predicted octanol–water partition coefficient (Wildman–Crippen LogP) is 4.65. The van der Waals surface area contributed by atoms with E-state index in [1.54, 1.807) is 6.92 Å². The molecule has 0 bridgehead atoms. The highest BCUT2D eigenvalue weighted by molar-refractivity contribution is 5.97. The molecule has 1 saturated carbocycles. The van der Waals surface area contributed by atoms with Crippen molar-refractivity contribution in [3.05, 3.63) is 65.2 Å². The molecule has 0 spiro atoms. The molecule has 2 atom stereocenters. The second-order valence-electron chi connectivity index (χ2n) is 6.76. The van der Waals surface area contributed by atoms with Crippen molar-refractivity contribution in [2.45, 2.75) is 26.7 Å². The van der Waals surface area contributed by atoms with Crippen molar-refractivity contribution >= 4 is 11.6 Å². The Bertz CT molecular complexity index is 755. The number of hydrogen-bond acceptors (Lipinski definition) is 1. The molecule has 3 rings (SSSR count). The molecule has 4 heteroatoms. The number of amides is 1. The zero-order valence-corrected chi connectivity index (χ0v) is 13.4. The van der Waals surface area contributed by atoms with Gasteiger partial charge in [0.2, 0.25) is 5.91 Å². The van der Waals surface area contributed by atoms with Crippen molar-refractivity contribution in [1.82, 2.24) is 0 Å². The van der Waals surface area contributed by atoms with E-state index in [1.807, 2.05) is 44.2 Å². The molecule has 1 amide bonds. The van der Waals surface area contributed by atoms with Crippen LogP contribution in [0.4, 0.5) is 14.5 Å². The number of hydrogen-bond donors (Lipinski definition) is 1. The molecule has 1 fully saturated rings. The number of halogens is 2. The number of nitrogens with one attached hydrogen (secondary N) is 1. The third-order valence-electron chi connectivity index (χ3n) is 4.79. The van der Waals surface area contributed by atoms with Crippen LogP contribution in [0.25, 0.3) is 0 Å². The summed E-state index contributed by atoms with van der Waals surface area (Å²) in [4.78, 5) is 12.6. The molecular formula is C19H19F2NO. The van der Waals surface area contributed by atoms with Crippen LogP contribution < -0.4 is 5.32 Å². The highest BCUT2D eigenvalue weighted by Gasteiger charge is 2.62. The van der Waals surface area contributed by atoms with Crippen molar-refractivity contribution in [3.8, 4) is 0 Å². The van der Waals surface area contributed by atoms with Gasteiger partial charge < -0.3 is 5.32 Å². The summed E-state index contributed by atoms with van der Waals surface area (Å²) in [5.74, 6) is -2.07. The van der Waals surface area contributed by atoms with Crippen LogP contribution in [0.5, 0.6) is 0 Å². The largest absolute Gasteiger partial charge is 0.325 e. The van der Waals surface area contributed by atoms with Crippen LogP contribution in [-0.2, 0) is 4.79 Å². The molecule has 1 N–H and O–H groups in total. The van der Waals surface area contributed by atoms with Crippen LogP contribution in [-0.4, -0.2) is 5.91 Å². The summed E-state index contributed by atoms with van der Waals surface area (Å²) < 4.78 is 26.6. The topological polar surface area (TPSA) is 29.1 Å². The van der Waals surface area contributed by atoms with Crippen LogP contribution in [0, 0.1) is 29.9 Å². The smallest absolute Gasteiger partial charge is 0.228 e. The number of anilines is 1. The normalized spacial score (nSPS) is 21.8. The van der Waals surface area contributed by atoms with Crippen LogP contribution in [0.1, 0.15) is 30.9 Å². The van der Waals surface area contributed by atoms with Crippen LogP contribution in [0.3, 0.4) is 0 Å². The quantitative estimate of drug-likeness (QED) is 0.877. The molecule has 0 radical (unpaired) electrons. The lowest BCUT2D eigenvalue weighted by molar-refractivity contribution is -0.118. The van der Waals surface area contributed by atoms with Crippen molar-refractivity contribution in [2.75, 3.05) is 5.32 Å². The maximum absolute atomic E-state index is 13.4. The van der Waals surface area contributed by atoms with Gasteiger partial charge >= 0.3 is 0 Å². The summed E-state index contributed by atoms with van der Waals surface area (Å²) >= 11 is 0. The van der Waals surface area contributed by atoms with Crippen molar-refractivity contribution in [3.63, 3.8) is 0 Å². The molecule has 2 aromatic rings. The van der Waals surface area contributed by atoms with Gasteiger partial charge in [-0.25, -0.2) is 8.78 Å². The van der Waals surface area contributed by atoms with Crippen LogP contribution in [0.15, 0.2) is 42.5 Å². The molecule has 120 valence electrons. The molecule has 0 heterocycles. The number of rotatable bonds is 3. The Morgan fingerprint density at radius 2 is 1.70 bits per heavy atom. The Labute approximate surface area is 134 Å². The Hall–Kier alpha value is -2.23. The number of benzene rings is 2. The van der Waals surface area contributed by atoms with Gasteiger partial charge in [-0.2, -0.15) is 0 Å². The monoisotopic (exact) mass is 315 g/mol.